The molecule has 0 aliphatic carbocycles. The van der Waals surface area contributed by atoms with Crippen LogP contribution in [0.1, 0.15) is 5.82 Å². The lowest BCUT2D eigenvalue weighted by Crippen LogP contribution is -2.08. The maximum Gasteiger partial charge on any atom is 0.198 e. The van der Waals surface area contributed by atoms with E-state index in [1.54, 1.807) is 12.4 Å². The van der Waals surface area contributed by atoms with Crippen LogP contribution in [0.15, 0.2) is 12.4 Å². The van der Waals surface area contributed by atoms with Crippen LogP contribution < -0.4 is 5.32 Å². The van der Waals surface area contributed by atoms with Crippen molar-refractivity contribution in [1.29, 1.82) is 0 Å². The Morgan fingerprint density at radius 1 is 1.54 bits per heavy atom. The smallest absolute Gasteiger partial charge is 0.198 e. The van der Waals surface area contributed by atoms with E-state index < -0.39 is 0 Å². The topological polar surface area (TPSA) is 55.1 Å². The van der Waals surface area contributed by atoms with Crippen molar-refractivity contribution in [2.75, 3.05) is 7.05 Å². The molecule has 2 heterocycles. The van der Waals surface area contributed by atoms with Gasteiger partial charge < -0.3 is 5.32 Å². The third-order valence-electron chi connectivity index (χ3n) is 1.69. The molecule has 0 saturated carbocycles. The maximum atomic E-state index is 5.82. The minimum absolute atomic E-state index is 0.373. The van der Waals surface area contributed by atoms with Gasteiger partial charge in [-0.1, -0.05) is 11.6 Å². The summed E-state index contributed by atoms with van der Waals surface area (Å²) in [5.74, 6) is 0.821. The van der Waals surface area contributed by atoms with Crippen molar-refractivity contribution in [2.24, 2.45) is 0 Å². The van der Waals surface area contributed by atoms with Crippen molar-refractivity contribution < 1.29 is 0 Å². The average molecular weight is 198 g/mol. The number of hydrogen-bond acceptors (Lipinski definition) is 4. The Bertz CT molecular complexity index is 424. The third-order valence-corrected chi connectivity index (χ3v) is 1.96. The van der Waals surface area contributed by atoms with Crippen molar-refractivity contribution in [3.8, 4) is 0 Å². The monoisotopic (exact) mass is 197 g/mol. The quantitative estimate of drug-likeness (QED) is 0.762. The van der Waals surface area contributed by atoms with Gasteiger partial charge in [0.05, 0.1) is 6.54 Å². The molecule has 0 amide bonds. The Morgan fingerprint density at radius 2 is 2.38 bits per heavy atom. The first-order valence-electron chi connectivity index (χ1n) is 3.81. The van der Waals surface area contributed by atoms with E-state index in [0.29, 0.717) is 17.3 Å². The SMILES string of the molecule is CNCc1nnc2c(Cl)nccn12. The van der Waals surface area contributed by atoms with Gasteiger partial charge in [-0.3, -0.25) is 4.40 Å². The molecule has 6 heteroatoms. The van der Waals surface area contributed by atoms with Crippen LogP contribution in [0.3, 0.4) is 0 Å². The van der Waals surface area contributed by atoms with Crippen molar-refractivity contribution in [3.63, 3.8) is 0 Å². The van der Waals surface area contributed by atoms with Crippen LogP contribution in [0.4, 0.5) is 0 Å². The summed E-state index contributed by atoms with van der Waals surface area (Å²) in [6.45, 7) is 0.654. The highest BCUT2D eigenvalue weighted by Gasteiger charge is 2.06. The molecule has 0 fully saturated rings. The molecule has 0 atom stereocenters. The fourth-order valence-electron chi connectivity index (χ4n) is 1.12. The lowest BCUT2D eigenvalue weighted by atomic mass is 10.5. The lowest BCUT2D eigenvalue weighted by Gasteiger charge is -1.97. The van der Waals surface area contributed by atoms with E-state index >= 15 is 0 Å². The molecule has 0 bridgehead atoms. The summed E-state index contributed by atoms with van der Waals surface area (Å²) < 4.78 is 1.81. The van der Waals surface area contributed by atoms with Crippen LogP contribution in [-0.4, -0.2) is 26.6 Å². The zero-order chi connectivity index (χ0) is 9.26. The zero-order valence-electron chi connectivity index (χ0n) is 7.03. The highest BCUT2D eigenvalue weighted by Crippen LogP contribution is 2.11. The normalized spacial score (nSPS) is 10.9. The van der Waals surface area contributed by atoms with E-state index in [2.05, 4.69) is 20.5 Å². The van der Waals surface area contributed by atoms with Crippen LogP contribution in [0.5, 0.6) is 0 Å². The molecule has 5 nitrogen and oxygen atoms in total. The number of rotatable bonds is 2. The molecule has 68 valence electrons. The fraction of sp³-hybridized carbons (Fsp3) is 0.286. The first-order chi connectivity index (χ1) is 6.33. The third kappa shape index (κ3) is 1.36. The first kappa shape index (κ1) is 8.40. The predicted molar refractivity (Wildman–Crippen MR) is 48.6 cm³/mol. The van der Waals surface area contributed by atoms with Crippen molar-refractivity contribution >= 4 is 17.2 Å². The molecule has 0 aliphatic rings. The molecule has 13 heavy (non-hydrogen) atoms. The number of hydrogen-bond donors (Lipinski definition) is 1. The van der Waals surface area contributed by atoms with E-state index in [1.807, 2.05) is 11.4 Å². The molecule has 0 saturated heterocycles. The lowest BCUT2D eigenvalue weighted by molar-refractivity contribution is 0.746. The summed E-state index contributed by atoms with van der Waals surface area (Å²) in [5.41, 5.74) is 0.592. The van der Waals surface area contributed by atoms with Gasteiger partial charge in [-0.25, -0.2) is 4.98 Å². The van der Waals surface area contributed by atoms with Gasteiger partial charge in [-0.05, 0) is 7.05 Å². The summed E-state index contributed by atoms with van der Waals surface area (Å²) in [6.07, 6.45) is 3.41. The summed E-state index contributed by atoms with van der Waals surface area (Å²) in [4.78, 5) is 3.90. The highest BCUT2D eigenvalue weighted by molar-refractivity contribution is 6.32. The van der Waals surface area contributed by atoms with E-state index in [-0.39, 0.29) is 0 Å². The second-order valence-corrected chi connectivity index (χ2v) is 2.92. The minimum Gasteiger partial charge on any atom is -0.313 e. The Labute approximate surface area is 79.8 Å². The minimum atomic E-state index is 0.373. The van der Waals surface area contributed by atoms with Gasteiger partial charge >= 0.3 is 0 Å². The molecule has 0 radical (unpaired) electrons. The molecule has 2 aromatic heterocycles. The van der Waals surface area contributed by atoms with Gasteiger partial charge in [0.15, 0.2) is 16.6 Å². The summed E-state index contributed by atoms with van der Waals surface area (Å²) in [5, 5.41) is 11.3. The molecule has 0 unspecified atom stereocenters. The first-order valence-corrected chi connectivity index (χ1v) is 4.19. The number of halogens is 1. The Kier molecular flexibility index (Phi) is 2.12. The average Bonchev–Trinajstić information content (AvgIpc) is 2.51. The van der Waals surface area contributed by atoms with Gasteiger partial charge in [-0.15, -0.1) is 10.2 Å². The number of nitrogens with zero attached hydrogens (tertiary/aromatic N) is 4. The van der Waals surface area contributed by atoms with Gasteiger partial charge in [0.2, 0.25) is 0 Å². The summed E-state index contributed by atoms with van der Waals surface area (Å²) in [6, 6.07) is 0. The maximum absolute atomic E-state index is 5.82. The largest absolute Gasteiger partial charge is 0.313 e. The van der Waals surface area contributed by atoms with Crippen LogP contribution in [0.2, 0.25) is 5.15 Å². The van der Waals surface area contributed by atoms with E-state index in [1.165, 1.54) is 0 Å². The fourth-order valence-corrected chi connectivity index (χ4v) is 1.31. The Hall–Kier alpha value is -1.20. The summed E-state index contributed by atoms with van der Waals surface area (Å²) in [7, 11) is 1.85. The summed E-state index contributed by atoms with van der Waals surface area (Å²) >= 11 is 5.82. The second-order valence-electron chi connectivity index (χ2n) is 2.56. The molecule has 0 spiro atoms. The highest BCUT2D eigenvalue weighted by atomic mass is 35.5. The van der Waals surface area contributed by atoms with Crippen LogP contribution in [0, 0.1) is 0 Å². The van der Waals surface area contributed by atoms with E-state index in [9.17, 15) is 0 Å². The van der Waals surface area contributed by atoms with Gasteiger partial charge in [0, 0.05) is 12.4 Å². The Morgan fingerprint density at radius 3 is 3.15 bits per heavy atom. The van der Waals surface area contributed by atoms with Gasteiger partial charge in [-0.2, -0.15) is 0 Å². The van der Waals surface area contributed by atoms with Crippen LogP contribution >= 0.6 is 11.6 Å². The van der Waals surface area contributed by atoms with Crippen molar-refractivity contribution in [3.05, 3.63) is 23.4 Å². The second kappa shape index (κ2) is 3.27. The van der Waals surface area contributed by atoms with Crippen molar-refractivity contribution in [2.45, 2.75) is 6.54 Å². The Balaban J connectivity index is 2.61. The molecule has 0 aliphatic heterocycles. The molecule has 2 rings (SSSR count). The molecule has 1 N–H and O–H groups in total. The van der Waals surface area contributed by atoms with Gasteiger partial charge in [0.1, 0.15) is 0 Å². The zero-order valence-corrected chi connectivity index (χ0v) is 7.78. The molecular formula is C7H8ClN5. The van der Waals surface area contributed by atoms with E-state index in [4.69, 9.17) is 11.6 Å². The van der Waals surface area contributed by atoms with Crippen LogP contribution in [-0.2, 0) is 6.54 Å². The molecule has 0 aromatic carbocycles. The number of aromatic nitrogens is 4. The standard InChI is InChI=1S/C7H8ClN5/c1-9-4-5-11-12-7-6(8)10-2-3-13(5)7/h2-3,9H,4H2,1H3. The molecule has 2 aromatic rings. The van der Waals surface area contributed by atoms with Gasteiger partial charge in [0.25, 0.3) is 0 Å². The number of fused-ring (bicyclic) bond motifs is 1. The van der Waals surface area contributed by atoms with Crippen LogP contribution in [0.25, 0.3) is 5.65 Å². The number of nitrogens with one attached hydrogen (secondary N) is 1. The molecular weight excluding hydrogens is 190 g/mol. The van der Waals surface area contributed by atoms with Crippen molar-refractivity contribution in [1.82, 2.24) is 24.9 Å². The predicted octanol–water partition coefficient (Wildman–Crippen LogP) is 0.497. The van der Waals surface area contributed by atoms with E-state index in [0.717, 1.165) is 5.82 Å².